The first-order valence-electron chi connectivity index (χ1n) is 8.07. The topological polar surface area (TPSA) is 41.6 Å². The molecule has 0 aromatic rings. The van der Waals surface area contributed by atoms with Crippen molar-refractivity contribution in [2.45, 2.75) is 70.4 Å². The average Bonchev–Trinajstić information content (AvgIpc) is 2.50. The summed E-state index contributed by atoms with van der Waals surface area (Å²) >= 11 is 0. The third-order valence-corrected chi connectivity index (χ3v) is 4.56. The number of nitrogens with zero attached hydrogens (tertiary/aromatic N) is 1. The second kappa shape index (κ2) is 8.63. The SMILES string of the molecule is CCCNC(C)(CCN(C)C1CCCCC1)C(=O)OC. The zero-order valence-electron chi connectivity index (χ0n) is 13.7. The molecule has 0 saturated heterocycles. The number of carbonyl (C=O) groups excluding carboxylic acids is 1. The van der Waals surface area contributed by atoms with Crippen LogP contribution in [-0.4, -0.2) is 49.7 Å². The van der Waals surface area contributed by atoms with Gasteiger partial charge >= 0.3 is 5.97 Å². The van der Waals surface area contributed by atoms with E-state index in [1.807, 2.05) is 6.92 Å². The van der Waals surface area contributed by atoms with Gasteiger partial charge in [0.2, 0.25) is 0 Å². The molecule has 0 bridgehead atoms. The quantitative estimate of drug-likeness (QED) is 0.696. The van der Waals surface area contributed by atoms with Crippen molar-refractivity contribution in [3.63, 3.8) is 0 Å². The van der Waals surface area contributed by atoms with E-state index in [-0.39, 0.29) is 5.97 Å². The molecule has 118 valence electrons. The van der Waals surface area contributed by atoms with E-state index in [4.69, 9.17) is 4.74 Å². The van der Waals surface area contributed by atoms with Crippen molar-refractivity contribution in [3.8, 4) is 0 Å². The molecule has 1 saturated carbocycles. The van der Waals surface area contributed by atoms with Crippen molar-refractivity contribution in [1.82, 2.24) is 10.2 Å². The molecule has 0 aromatic carbocycles. The van der Waals surface area contributed by atoms with Gasteiger partial charge in [-0.25, -0.2) is 0 Å². The van der Waals surface area contributed by atoms with Crippen molar-refractivity contribution in [2.75, 3.05) is 27.2 Å². The predicted molar refractivity (Wildman–Crippen MR) is 82.8 cm³/mol. The van der Waals surface area contributed by atoms with E-state index in [2.05, 4.69) is 24.2 Å². The summed E-state index contributed by atoms with van der Waals surface area (Å²) in [5.41, 5.74) is -0.562. The number of esters is 1. The number of carbonyl (C=O) groups is 1. The molecule has 4 nitrogen and oxygen atoms in total. The highest BCUT2D eigenvalue weighted by Gasteiger charge is 2.34. The molecule has 1 unspecified atom stereocenters. The van der Waals surface area contributed by atoms with E-state index in [9.17, 15) is 4.79 Å². The monoisotopic (exact) mass is 284 g/mol. The number of hydrogen-bond acceptors (Lipinski definition) is 4. The van der Waals surface area contributed by atoms with Gasteiger partial charge in [0.05, 0.1) is 7.11 Å². The number of ether oxygens (including phenoxy) is 1. The van der Waals surface area contributed by atoms with Gasteiger partial charge < -0.3 is 15.0 Å². The summed E-state index contributed by atoms with van der Waals surface area (Å²) in [6, 6.07) is 0.692. The van der Waals surface area contributed by atoms with Crippen LogP contribution in [0, 0.1) is 0 Å². The average molecular weight is 284 g/mol. The van der Waals surface area contributed by atoms with Crippen molar-refractivity contribution < 1.29 is 9.53 Å². The molecule has 20 heavy (non-hydrogen) atoms. The van der Waals surface area contributed by atoms with Crippen molar-refractivity contribution in [3.05, 3.63) is 0 Å². The lowest BCUT2D eigenvalue weighted by atomic mass is 9.93. The van der Waals surface area contributed by atoms with Crippen molar-refractivity contribution in [1.29, 1.82) is 0 Å². The second-order valence-corrected chi connectivity index (χ2v) is 6.27. The third-order valence-electron chi connectivity index (χ3n) is 4.56. The van der Waals surface area contributed by atoms with Gasteiger partial charge in [-0.1, -0.05) is 26.2 Å². The van der Waals surface area contributed by atoms with Gasteiger partial charge in [-0.05, 0) is 46.2 Å². The molecule has 1 fully saturated rings. The summed E-state index contributed by atoms with van der Waals surface area (Å²) in [7, 11) is 3.66. The fraction of sp³-hybridized carbons (Fsp3) is 0.938. The van der Waals surface area contributed by atoms with Crippen LogP contribution in [0.1, 0.15) is 58.8 Å². The van der Waals surface area contributed by atoms with E-state index >= 15 is 0 Å². The van der Waals surface area contributed by atoms with Crippen LogP contribution in [-0.2, 0) is 9.53 Å². The lowest BCUT2D eigenvalue weighted by molar-refractivity contribution is -0.148. The molecule has 0 amide bonds. The molecule has 1 atom stereocenters. The summed E-state index contributed by atoms with van der Waals surface area (Å²) in [5, 5.41) is 3.35. The summed E-state index contributed by atoms with van der Waals surface area (Å²) in [4.78, 5) is 14.4. The number of hydrogen-bond donors (Lipinski definition) is 1. The van der Waals surface area contributed by atoms with E-state index in [0.717, 1.165) is 25.9 Å². The largest absolute Gasteiger partial charge is 0.468 e. The molecule has 1 N–H and O–H groups in total. The minimum absolute atomic E-state index is 0.150. The van der Waals surface area contributed by atoms with Gasteiger partial charge in [0.25, 0.3) is 0 Å². The fourth-order valence-corrected chi connectivity index (χ4v) is 2.99. The highest BCUT2D eigenvalue weighted by molar-refractivity contribution is 5.80. The highest BCUT2D eigenvalue weighted by atomic mass is 16.5. The molecule has 0 heterocycles. The minimum Gasteiger partial charge on any atom is -0.468 e. The predicted octanol–water partition coefficient (Wildman–Crippen LogP) is 2.57. The van der Waals surface area contributed by atoms with Crippen molar-refractivity contribution in [2.24, 2.45) is 0 Å². The van der Waals surface area contributed by atoms with Crippen LogP contribution >= 0.6 is 0 Å². The Hall–Kier alpha value is -0.610. The van der Waals surface area contributed by atoms with E-state index in [1.165, 1.54) is 39.2 Å². The Labute approximate surface area is 124 Å². The molecular formula is C16H32N2O2. The standard InChI is InChI=1S/C16H32N2O2/c1-5-12-17-16(2,15(19)20-4)11-13-18(3)14-9-7-6-8-10-14/h14,17H,5-13H2,1-4H3. The van der Waals surface area contributed by atoms with Gasteiger partial charge in [-0.15, -0.1) is 0 Å². The lowest BCUT2D eigenvalue weighted by Gasteiger charge is -2.34. The highest BCUT2D eigenvalue weighted by Crippen LogP contribution is 2.23. The Morgan fingerprint density at radius 3 is 2.55 bits per heavy atom. The summed E-state index contributed by atoms with van der Waals surface area (Å²) < 4.78 is 4.97. The minimum atomic E-state index is -0.562. The molecule has 1 rings (SSSR count). The first kappa shape index (κ1) is 17.4. The fourth-order valence-electron chi connectivity index (χ4n) is 2.99. The van der Waals surface area contributed by atoms with Gasteiger partial charge in [-0.2, -0.15) is 0 Å². The van der Waals surface area contributed by atoms with Crippen LogP contribution in [0.5, 0.6) is 0 Å². The van der Waals surface area contributed by atoms with Gasteiger partial charge in [-0.3, -0.25) is 4.79 Å². The van der Waals surface area contributed by atoms with E-state index in [0.29, 0.717) is 6.04 Å². The molecule has 0 spiro atoms. The van der Waals surface area contributed by atoms with Crippen molar-refractivity contribution >= 4 is 5.97 Å². The zero-order chi connectivity index (χ0) is 15.0. The van der Waals surface area contributed by atoms with E-state index < -0.39 is 5.54 Å². The maximum absolute atomic E-state index is 12.0. The van der Waals surface area contributed by atoms with Gasteiger partial charge in [0, 0.05) is 12.6 Å². The van der Waals surface area contributed by atoms with Crippen LogP contribution in [0.25, 0.3) is 0 Å². The van der Waals surface area contributed by atoms with Crippen LogP contribution in [0.4, 0.5) is 0 Å². The molecule has 1 aliphatic rings. The molecule has 4 heteroatoms. The normalized spacial score (nSPS) is 19.9. The Kier molecular flexibility index (Phi) is 7.52. The maximum Gasteiger partial charge on any atom is 0.325 e. The zero-order valence-corrected chi connectivity index (χ0v) is 13.7. The van der Waals surface area contributed by atoms with Gasteiger partial charge in [0.15, 0.2) is 0 Å². The molecule has 0 aromatic heterocycles. The number of methoxy groups -OCH3 is 1. The summed E-state index contributed by atoms with van der Waals surface area (Å²) in [6.07, 6.45) is 8.48. The Morgan fingerprint density at radius 1 is 1.35 bits per heavy atom. The third kappa shape index (κ3) is 5.06. The molecule has 1 aliphatic carbocycles. The Bertz CT molecular complexity index is 290. The van der Waals surface area contributed by atoms with Crippen LogP contribution < -0.4 is 5.32 Å². The Morgan fingerprint density at radius 2 is 2.00 bits per heavy atom. The number of nitrogens with one attached hydrogen (secondary N) is 1. The van der Waals surface area contributed by atoms with Gasteiger partial charge in [0.1, 0.15) is 5.54 Å². The molecule has 0 radical (unpaired) electrons. The van der Waals surface area contributed by atoms with Crippen LogP contribution in [0.3, 0.4) is 0 Å². The van der Waals surface area contributed by atoms with Crippen LogP contribution in [0.2, 0.25) is 0 Å². The molecule has 0 aliphatic heterocycles. The first-order chi connectivity index (χ1) is 9.53. The summed E-state index contributed by atoms with van der Waals surface area (Å²) in [5.74, 6) is -0.150. The second-order valence-electron chi connectivity index (χ2n) is 6.27. The summed E-state index contributed by atoms with van der Waals surface area (Å²) in [6.45, 7) is 5.85. The maximum atomic E-state index is 12.0. The lowest BCUT2D eigenvalue weighted by Crippen LogP contribution is -2.52. The molecular weight excluding hydrogens is 252 g/mol. The van der Waals surface area contributed by atoms with E-state index in [1.54, 1.807) is 0 Å². The smallest absolute Gasteiger partial charge is 0.325 e. The number of rotatable bonds is 8. The van der Waals surface area contributed by atoms with Crippen LogP contribution in [0.15, 0.2) is 0 Å². The first-order valence-corrected chi connectivity index (χ1v) is 8.07. The Balaban J connectivity index is 2.49.